The highest BCUT2D eigenvalue weighted by molar-refractivity contribution is 5.77. The number of ether oxygens (including phenoxy) is 1. The van der Waals surface area contributed by atoms with E-state index in [4.69, 9.17) is 9.84 Å². The Morgan fingerprint density at radius 2 is 2.26 bits per heavy atom. The van der Waals surface area contributed by atoms with Crippen LogP contribution >= 0.6 is 0 Å². The second kappa shape index (κ2) is 4.51. The van der Waals surface area contributed by atoms with Crippen molar-refractivity contribution in [3.05, 3.63) is 24.5 Å². The van der Waals surface area contributed by atoms with Crippen molar-refractivity contribution < 1.29 is 14.9 Å². The van der Waals surface area contributed by atoms with Gasteiger partial charge in [-0.05, 0) is 31.9 Å². The third kappa shape index (κ3) is 2.31. The molecule has 0 radical (unpaired) electrons. The average molecular weight is 262 g/mol. The number of aliphatic hydroxyl groups is 2. The summed E-state index contributed by atoms with van der Waals surface area (Å²) in [6.07, 6.45) is 3.35. The highest BCUT2D eigenvalue weighted by atomic mass is 16.5. The van der Waals surface area contributed by atoms with Crippen molar-refractivity contribution in [2.75, 3.05) is 13.2 Å². The molecule has 5 nitrogen and oxygen atoms in total. The Hall–Kier alpha value is -1.59. The normalized spacial score (nSPS) is 26.4. The van der Waals surface area contributed by atoms with E-state index in [1.54, 1.807) is 0 Å². The fourth-order valence-corrected chi connectivity index (χ4v) is 2.71. The van der Waals surface area contributed by atoms with Gasteiger partial charge in [0.05, 0.1) is 29.6 Å². The number of hydrogen-bond donors (Lipinski definition) is 2. The van der Waals surface area contributed by atoms with Gasteiger partial charge in [-0.25, -0.2) is 4.98 Å². The van der Waals surface area contributed by atoms with Gasteiger partial charge in [0.2, 0.25) is 0 Å². The zero-order chi connectivity index (χ0) is 13.5. The van der Waals surface area contributed by atoms with Gasteiger partial charge in [-0.15, -0.1) is 0 Å². The van der Waals surface area contributed by atoms with Crippen LogP contribution in [0, 0.1) is 0 Å². The maximum atomic E-state index is 9.82. The molecule has 0 saturated heterocycles. The molecule has 5 heteroatoms. The van der Waals surface area contributed by atoms with Gasteiger partial charge in [-0.3, -0.25) is 0 Å². The molecule has 2 aromatic rings. The predicted octanol–water partition coefficient (Wildman–Crippen LogP) is 1.49. The third-order valence-electron chi connectivity index (χ3n) is 3.65. The Labute approximate surface area is 111 Å². The van der Waals surface area contributed by atoms with Crippen LogP contribution in [0.5, 0.6) is 5.75 Å². The molecule has 1 aromatic carbocycles. The van der Waals surface area contributed by atoms with Crippen LogP contribution in [-0.4, -0.2) is 38.6 Å². The number of aliphatic hydroxyl groups excluding tert-OH is 1. The molecule has 2 N–H and O–H groups in total. The first-order valence-electron chi connectivity index (χ1n) is 6.52. The lowest BCUT2D eigenvalue weighted by Crippen LogP contribution is -2.41. The van der Waals surface area contributed by atoms with E-state index in [0.717, 1.165) is 23.9 Å². The number of rotatable bonds is 4. The van der Waals surface area contributed by atoms with Gasteiger partial charge < -0.3 is 19.5 Å². The molecular weight excluding hydrogens is 244 g/mol. The summed E-state index contributed by atoms with van der Waals surface area (Å²) in [4.78, 5) is 4.38. The van der Waals surface area contributed by atoms with Gasteiger partial charge in [0, 0.05) is 12.1 Å². The van der Waals surface area contributed by atoms with Crippen LogP contribution in [0.15, 0.2) is 24.5 Å². The summed E-state index contributed by atoms with van der Waals surface area (Å²) < 4.78 is 7.48. The molecule has 0 spiro atoms. The van der Waals surface area contributed by atoms with Crippen LogP contribution < -0.4 is 4.74 Å². The number of fused-ring (bicyclic) bond motifs is 1. The number of hydrogen-bond acceptors (Lipinski definition) is 4. The van der Waals surface area contributed by atoms with Gasteiger partial charge in [-0.1, -0.05) is 0 Å². The second-order valence-corrected chi connectivity index (χ2v) is 5.43. The van der Waals surface area contributed by atoms with Crippen LogP contribution in [0.4, 0.5) is 0 Å². The van der Waals surface area contributed by atoms with Crippen molar-refractivity contribution in [2.24, 2.45) is 0 Å². The number of nitrogens with zero attached hydrogens (tertiary/aromatic N) is 2. The zero-order valence-corrected chi connectivity index (χ0v) is 10.9. The lowest BCUT2D eigenvalue weighted by Gasteiger charge is -2.41. The van der Waals surface area contributed by atoms with Crippen LogP contribution in [0.25, 0.3) is 11.0 Å². The third-order valence-corrected chi connectivity index (χ3v) is 3.65. The van der Waals surface area contributed by atoms with E-state index in [1.165, 1.54) is 0 Å². The number of aromatic nitrogens is 2. The Balaban J connectivity index is 1.84. The van der Waals surface area contributed by atoms with Crippen molar-refractivity contribution in [1.29, 1.82) is 0 Å². The van der Waals surface area contributed by atoms with E-state index >= 15 is 0 Å². The molecule has 1 heterocycles. The van der Waals surface area contributed by atoms with Crippen molar-refractivity contribution in [3.8, 4) is 5.75 Å². The summed E-state index contributed by atoms with van der Waals surface area (Å²) >= 11 is 0. The van der Waals surface area contributed by atoms with E-state index in [9.17, 15) is 5.11 Å². The summed E-state index contributed by atoms with van der Waals surface area (Å²) in [5.74, 6) is 0.715. The quantitative estimate of drug-likeness (QED) is 0.876. The highest BCUT2D eigenvalue weighted by Crippen LogP contribution is 2.42. The Bertz CT molecular complexity index is 583. The molecule has 0 aliphatic heterocycles. The Morgan fingerprint density at radius 1 is 1.47 bits per heavy atom. The monoisotopic (exact) mass is 262 g/mol. The van der Waals surface area contributed by atoms with Crippen molar-refractivity contribution in [1.82, 2.24) is 9.55 Å². The van der Waals surface area contributed by atoms with Gasteiger partial charge >= 0.3 is 0 Å². The first kappa shape index (κ1) is 12.4. The zero-order valence-electron chi connectivity index (χ0n) is 10.9. The minimum atomic E-state index is -0.536. The molecule has 0 atom stereocenters. The fourth-order valence-electron chi connectivity index (χ4n) is 2.71. The van der Waals surface area contributed by atoms with Gasteiger partial charge in [0.25, 0.3) is 0 Å². The van der Waals surface area contributed by atoms with Gasteiger partial charge in [-0.2, -0.15) is 0 Å². The largest absolute Gasteiger partial charge is 0.491 e. The van der Waals surface area contributed by atoms with Crippen LogP contribution in [0.3, 0.4) is 0 Å². The molecule has 3 rings (SSSR count). The first-order chi connectivity index (χ1) is 9.09. The van der Waals surface area contributed by atoms with Crippen LogP contribution in [-0.2, 0) is 0 Å². The Morgan fingerprint density at radius 3 is 2.95 bits per heavy atom. The number of benzene rings is 1. The maximum absolute atomic E-state index is 9.82. The van der Waals surface area contributed by atoms with E-state index in [-0.39, 0.29) is 13.2 Å². The molecule has 1 aliphatic carbocycles. The molecule has 1 fully saturated rings. The van der Waals surface area contributed by atoms with E-state index < -0.39 is 5.60 Å². The van der Waals surface area contributed by atoms with Crippen molar-refractivity contribution >= 4 is 11.0 Å². The standard InChI is InChI=1S/C14H18N2O3/c1-14(18)7-10(8-14)16-9-15-12-6-11(19-5-4-17)2-3-13(12)16/h2-3,6,9-10,17-18H,4-5,7-8H2,1H3/t10-,14+. The SMILES string of the molecule is C[C@]1(O)C[C@@H](n2cnc3cc(OCCO)ccc32)C1. The molecule has 1 aliphatic rings. The lowest BCUT2D eigenvalue weighted by molar-refractivity contribution is -0.0498. The Kier molecular flexibility index (Phi) is 2.95. The molecule has 102 valence electrons. The van der Waals surface area contributed by atoms with Crippen LogP contribution in [0.1, 0.15) is 25.8 Å². The fraction of sp³-hybridized carbons (Fsp3) is 0.500. The van der Waals surface area contributed by atoms with Crippen molar-refractivity contribution in [2.45, 2.75) is 31.4 Å². The molecule has 1 saturated carbocycles. The minimum absolute atomic E-state index is 0.00361. The molecule has 0 bridgehead atoms. The minimum Gasteiger partial charge on any atom is -0.491 e. The van der Waals surface area contributed by atoms with Gasteiger partial charge in [0.1, 0.15) is 12.4 Å². The topological polar surface area (TPSA) is 67.5 Å². The van der Waals surface area contributed by atoms with E-state index in [2.05, 4.69) is 9.55 Å². The van der Waals surface area contributed by atoms with Gasteiger partial charge in [0.15, 0.2) is 0 Å². The first-order valence-corrected chi connectivity index (χ1v) is 6.52. The molecular formula is C14H18N2O3. The summed E-state index contributed by atoms with van der Waals surface area (Å²) in [5, 5.41) is 18.6. The molecule has 19 heavy (non-hydrogen) atoms. The smallest absolute Gasteiger partial charge is 0.121 e. The molecule has 0 amide bonds. The van der Waals surface area contributed by atoms with E-state index in [1.807, 2.05) is 31.5 Å². The summed E-state index contributed by atoms with van der Waals surface area (Å²) in [6, 6.07) is 6.05. The van der Waals surface area contributed by atoms with E-state index in [0.29, 0.717) is 11.8 Å². The predicted molar refractivity (Wildman–Crippen MR) is 71.2 cm³/mol. The molecule has 1 aromatic heterocycles. The summed E-state index contributed by atoms with van der Waals surface area (Å²) in [5.41, 5.74) is 1.39. The maximum Gasteiger partial charge on any atom is 0.121 e. The summed E-state index contributed by atoms with van der Waals surface area (Å²) in [7, 11) is 0. The number of imidazole rings is 1. The van der Waals surface area contributed by atoms with Crippen LogP contribution in [0.2, 0.25) is 0 Å². The van der Waals surface area contributed by atoms with Crippen molar-refractivity contribution in [3.63, 3.8) is 0 Å². The highest BCUT2D eigenvalue weighted by Gasteiger charge is 2.39. The average Bonchev–Trinajstić information content (AvgIpc) is 2.76. The lowest BCUT2D eigenvalue weighted by atomic mass is 9.77. The second-order valence-electron chi connectivity index (χ2n) is 5.43. The summed E-state index contributed by atoms with van der Waals surface area (Å²) in [6.45, 7) is 2.16. The molecule has 0 unspecified atom stereocenters.